The predicted molar refractivity (Wildman–Crippen MR) is 79.4 cm³/mol. The number of para-hydroxylation sites is 1. The van der Waals surface area contributed by atoms with Gasteiger partial charge < -0.3 is 9.47 Å². The summed E-state index contributed by atoms with van der Waals surface area (Å²) in [7, 11) is 2.99. The van der Waals surface area contributed by atoms with Gasteiger partial charge in [-0.3, -0.25) is 4.79 Å². The third-order valence-electron chi connectivity index (χ3n) is 2.84. The van der Waals surface area contributed by atoms with Crippen molar-refractivity contribution in [2.24, 2.45) is 0 Å². The Morgan fingerprint density at radius 3 is 2.20 bits per heavy atom. The number of carbonyl (C=O) groups excluding carboxylic acids is 1. The molecule has 0 aliphatic carbocycles. The highest BCUT2D eigenvalue weighted by Crippen LogP contribution is 2.33. The van der Waals surface area contributed by atoms with E-state index in [4.69, 9.17) is 32.7 Å². The SMILES string of the molecule is COc1cc(Cl)c(C(=O)c2ccccc2OC)cc1Cl. The fourth-order valence-electron chi connectivity index (χ4n) is 1.84. The summed E-state index contributed by atoms with van der Waals surface area (Å²) in [6, 6.07) is 9.96. The Kier molecular flexibility index (Phi) is 4.53. The smallest absolute Gasteiger partial charge is 0.198 e. The number of hydrogen-bond acceptors (Lipinski definition) is 3. The summed E-state index contributed by atoms with van der Waals surface area (Å²) in [5, 5.41) is 0.609. The van der Waals surface area contributed by atoms with Crippen molar-refractivity contribution in [2.75, 3.05) is 14.2 Å². The number of carbonyl (C=O) groups is 1. The molecular formula is C15H12Cl2O3. The Labute approximate surface area is 127 Å². The van der Waals surface area contributed by atoms with E-state index in [9.17, 15) is 4.79 Å². The van der Waals surface area contributed by atoms with Gasteiger partial charge in [0.15, 0.2) is 5.78 Å². The zero-order valence-electron chi connectivity index (χ0n) is 10.9. The quantitative estimate of drug-likeness (QED) is 0.792. The molecule has 104 valence electrons. The normalized spacial score (nSPS) is 10.2. The fraction of sp³-hybridized carbons (Fsp3) is 0.133. The summed E-state index contributed by atoms with van der Waals surface area (Å²) in [6.07, 6.45) is 0. The maximum atomic E-state index is 12.5. The first-order valence-corrected chi connectivity index (χ1v) is 6.54. The lowest BCUT2D eigenvalue weighted by Gasteiger charge is -2.10. The second kappa shape index (κ2) is 6.16. The van der Waals surface area contributed by atoms with E-state index in [0.29, 0.717) is 27.6 Å². The van der Waals surface area contributed by atoms with Crippen LogP contribution in [0, 0.1) is 0 Å². The van der Waals surface area contributed by atoms with Crippen molar-refractivity contribution in [3.8, 4) is 11.5 Å². The van der Waals surface area contributed by atoms with E-state index in [0.717, 1.165) is 0 Å². The molecule has 2 rings (SSSR count). The number of ether oxygens (including phenoxy) is 2. The molecule has 0 atom stereocenters. The highest BCUT2D eigenvalue weighted by atomic mass is 35.5. The molecule has 0 bridgehead atoms. The fourth-order valence-corrected chi connectivity index (χ4v) is 2.32. The molecule has 2 aromatic carbocycles. The topological polar surface area (TPSA) is 35.5 Å². The van der Waals surface area contributed by atoms with E-state index in [1.165, 1.54) is 26.4 Å². The van der Waals surface area contributed by atoms with Gasteiger partial charge in [-0.1, -0.05) is 35.3 Å². The van der Waals surface area contributed by atoms with Crippen LogP contribution in [0.25, 0.3) is 0 Å². The van der Waals surface area contributed by atoms with Crippen molar-refractivity contribution in [3.05, 3.63) is 57.6 Å². The van der Waals surface area contributed by atoms with Crippen molar-refractivity contribution in [1.29, 1.82) is 0 Å². The molecule has 0 aliphatic heterocycles. The standard InChI is InChI=1S/C15H12Cl2O3/c1-19-13-6-4-3-5-9(13)15(18)10-7-12(17)14(20-2)8-11(10)16/h3-8H,1-2H3. The summed E-state index contributed by atoms with van der Waals surface area (Å²) < 4.78 is 10.2. The molecular weight excluding hydrogens is 299 g/mol. The minimum absolute atomic E-state index is 0.253. The Hall–Kier alpha value is -1.71. The monoisotopic (exact) mass is 310 g/mol. The molecule has 0 heterocycles. The van der Waals surface area contributed by atoms with Crippen LogP contribution in [0.15, 0.2) is 36.4 Å². The molecule has 0 amide bonds. The lowest BCUT2D eigenvalue weighted by molar-refractivity contribution is 0.103. The summed E-state index contributed by atoms with van der Waals surface area (Å²) in [5.41, 5.74) is 0.736. The van der Waals surface area contributed by atoms with Gasteiger partial charge in [0, 0.05) is 11.6 Å². The summed E-state index contributed by atoms with van der Waals surface area (Å²) in [4.78, 5) is 12.5. The maximum Gasteiger partial charge on any atom is 0.198 e. The molecule has 0 aliphatic rings. The molecule has 3 nitrogen and oxygen atoms in total. The Bertz CT molecular complexity index is 654. The largest absolute Gasteiger partial charge is 0.496 e. The first kappa shape index (κ1) is 14.7. The third-order valence-corrected chi connectivity index (χ3v) is 3.45. The molecule has 0 saturated heterocycles. The predicted octanol–water partition coefficient (Wildman–Crippen LogP) is 4.24. The third kappa shape index (κ3) is 2.74. The van der Waals surface area contributed by atoms with Crippen LogP contribution < -0.4 is 9.47 Å². The van der Waals surface area contributed by atoms with Crippen LogP contribution in [0.1, 0.15) is 15.9 Å². The summed E-state index contributed by atoms with van der Waals surface area (Å²) >= 11 is 12.2. The van der Waals surface area contributed by atoms with Gasteiger partial charge >= 0.3 is 0 Å². The average molecular weight is 311 g/mol. The first-order valence-electron chi connectivity index (χ1n) is 5.79. The van der Waals surface area contributed by atoms with Crippen LogP contribution >= 0.6 is 23.2 Å². The van der Waals surface area contributed by atoms with Gasteiger partial charge in [0.1, 0.15) is 11.5 Å². The van der Waals surface area contributed by atoms with Gasteiger partial charge in [0.25, 0.3) is 0 Å². The Morgan fingerprint density at radius 1 is 0.900 bits per heavy atom. The number of benzene rings is 2. The number of rotatable bonds is 4. The van der Waals surface area contributed by atoms with Gasteiger partial charge in [-0.15, -0.1) is 0 Å². The second-order valence-electron chi connectivity index (χ2n) is 4.00. The maximum absolute atomic E-state index is 12.5. The molecule has 0 N–H and O–H groups in total. The molecule has 0 spiro atoms. The molecule has 0 fully saturated rings. The van der Waals surface area contributed by atoms with E-state index in [1.54, 1.807) is 24.3 Å². The summed E-state index contributed by atoms with van der Waals surface area (Å²) in [5.74, 6) is 0.658. The molecule has 0 radical (unpaired) electrons. The molecule has 5 heteroatoms. The number of methoxy groups -OCH3 is 2. The number of halogens is 2. The minimum Gasteiger partial charge on any atom is -0.496 e. The molecule has 0 saturated carbocycles. The molecule has 2 aromatic rings. The number of hydrogen-bond donors (Lipinski definition) is 0. The number of ketones is 1. The van der Waals surface area contributed by atoms with E-state index in [2.05, 4.69) is 0 Å². The van der Waals surface area contributed by atoms with Crippen LogP contribution in [0.3, 0.4) is 0 Å². The van der Waals surface area contributed by atoms with E-state index >= 15 is 0 Å². The van der Waals surface area contributed by atoms with Gasteiger partial charge in [-0.05, 0) is 18.2 Å². The van der Waals surface area contributed by atoms with E-state index < -0.39 is 0 Å². The van der Waals surface area contributed by atoms with Crippen molar-refractivity contribution in [3.63, 3.8) is 0 Å². The molecule has 20 heavy (non-hydrogen) atoms. The molecule has 0 unspecified atom stereocenters. The molecule has 0 aromatic heterocycles. The second-order valence-corrected chi connectivity index (χ2v) is 4.81. The zero-order valence-corrected chi connectivity index (χ0v) is 12.5. The van der Waals surface area contributed by atoms with Crippen LogP contribution in [0.2, 0.25) is 10.0 Å². The van der Waals surface area contributed by atoms with Crippen molar-refractivity contribution >= 4 is 29.0 Å². The average Bonchev–Trinajstić information content (AvgIpc) is 2.48. The summed E-state index contributed by atoms with van der Waals surface area (Å²) in [6.45, 7) is 0. The van der Waals surface area contributed by atoms with Crippen molar-refractivity contribution < 1.29 is 14.3 Å². The first-order chi connectivity index (χ1) is 9.58. The van der Waals surface area contributed by atoms with Crippen LogP contribution in [-0.4, -0.2) is 20.0 Å². The van der Waals surface area contributed by atoms with Crippen molar-refractivity contribution in [2.45, 2.75) is 0 Å². The van der Waals surface area contributed by atoms with Gasteiger partial charge in [-0.25, -0.2) is 0 Å². The van der Waals surface area contributed by atoms with Crippen LogP contribution in [-0.2, 0) is 0 Å². The Balaban J connectivity index is 2.51. The highest BCUT2D eigenvalue weighted by molar-refractivity contribution is 6.37. The zero-order chi connectivity index (χ0) is 14.7. The van der Waals surface area contributed by atoms with Crippen molar-refractivity contribution in [1.82, 2.24) is 0 Å². The van der Waals surface area contributed by atoms with Crippen LogP contribution in [0.4, 0.5) is 0 Å². The van der Waals surface area contributed by atoms with Gasteiger partial charge in [0.2, 0.25) is 0 Å². The lowest BCUT2D eigenvalue weighted by Crippen LogP contribution is -2.05. The Morgan fingerprint density at radius 2 is 1.55 bits per heavy atom. The van der Waals surface area contributed by atoms with Gasteiger partial charge in [0.05, 0.1) is 29.8 Å². The lowest BCUT2D eigenvalue weighted by atomic mass is 10.0. The van der Waals surface area contributed by atoms with E-state index in [1.807, 2.05) is 0 Å². The van der Waals surface area contributed by atoms with Gasteiger partial charge in [-0.2, -0.15) is 0 Å². The highest BCUT2D eigenvalue weighted by Gasteiger charge is 2.19. The van der Waals surface area contributed by atoms with Crippen LogP contribution in [0.5, 0.6) is 11.5 Å². The minimum atomic E-state index is -0.253. The van der Waals surface area contributed by atoms with E-state index in [-0.39, 0.29) is 10.8 Å².